The average Bonchev–Trinajstić information content (AvgIpc) is 3.88. The van der Waals surface area contributed by atoms with Gasteiger partial charge in [0.05, 0.1) is 17.3 Å². The number of ether oxygens (including phenoxy) is 2. The van der Waals surface area contributed by atoms with Crippen molar-refractivity contribution in [3.63, 3.8) is 0 Å². The first-order valence-corrected chi connectivity index (χ1v) is 19.9. The molecule has 0 aliphatic carbocycles. The monoisotopic (exact) mass is 854 g/mol. The SMILES string of the molecule is CC(C)(C)OC(=O)c1cc2cc(NC(=O)[C@H](Cc3ccc(NC(=O)N4CCC(C(=O)OC(C)(C)C)CC4)cc3)NC(=O)C(=O)Nc3cc(Cl)ccc3-n3cnnn3)ccc2[nH]1. The van der Waals surface area contributed by atoms with E-state index in [-0.39, 0.29) is 40.7 Å². The van der Waals surface area contributed by atoms with E-state index in [1.165, 1.54) is 17.1 Å². The van der Waals surface area contributed by atoms with Gasteiger partial charge in [-0.25, -0.2) is 9.59 Å². The number of anilines is 3. The highest BCUT2D eigenvalue weighted by atomic mass is 35.5. The minimum absolute atomic E-state index is 0.0561. The number of nitrogens with zero attached hydrogens (tertiary/aromatic N) is 5. The van der Waals surface area contributed by atoms with Crippen molar-refractivity contribution in [1.82, 2.24) is 35.4 Å². The Hall–Kier alpha value is -6.82. The maximum Gasteiger partial charge on any atom is 0.355 e. The van der Waals surface area contributed by atoms with Crippen LogP contribution in [0.5, 0.6) is 0 Å². The molecule has 61 heavy (non-hydrogen) atoms. The van der Waals surface area contributed by atoms with E-state index in [0.717, 1.165) is 0 Å². The number of hydrogen-bond acceptors (Lipinski definition) is 11. The molecule has 1 aliphatic heterocycles. The maximum atomic E-state index is 13.9. The van der Waals surface area contributed by atoms with E-state index in [9.17, 15) is 28.8 Å². The third-order valence-electron chi connectivity index (χ3n) is 9.31. The number of aromatic nitrogens is 5. The van der Waals surface area contributed by atoms with Crippen molar-refractivity contribution in [3.8, 4) is 5.69 Å². The molecule has 0 saturated carbocycles. The Morgan fingerprint density at radius 1 is 0.820 bits per heavy atom. The van der Waals surface area contributed by atoms with Crippen LogP contribution in [-0.2, 0) is 35.1 Å². The summed E-state index contributed by atoms with van der Waals surface area (Å²) in [7, 11) is 0. The lowest BCUT2D eigenvalue weighted by molar-refractivity contribution is -0.161. The van der Waals surface area contributed by atoms with Crippen LogP contribution in [-0.4, -0.2) is 96.1 Å². The van der Waals surface area contributed by atoms with Gasteiger partial charge in [-0.1, -0.05) is 23.7 Å². The van der Waals surface area contributed by atoms with Crippen LogP contribution in [0, 0.1) is 5.92 Å². The fourth-order valence-electron chi connectivity index (χ4n) is 6.44. The molecule has 3 heterocycles. The second kappa shape index (κ2) is 18.2. The Balaban J connectivity index is 1.15. The summed E-state index contributed by atoms with van der Waals surface area (Å²) in [5, 5.41) is 22.7. The van der Waals surface area contributed by atoms with Gasteiger partial charge >= 0.3 is 29.8 Å². The summed E-state index contributed by atoms with van der Waals surface area (Å²) in [4.78, 5) is 83.7. The molecule has 1 atom stereocenters. The minimum Gasteiger partial charge on any atom is -0.460 e. The molecular formula is C42H47ClN10O8. The van der Waals surface area contributed by atoms with Crippen molar-refractivity contribution >= 4 is 75.3 Å². The molecule has 1 aliphatic rings. The Bertz CT molecular complexity index is 2430. The molecule has 0 spiro atoms. The highest BCUT2D eigenvalue weighted by Crippen LogP contribution is 2.26. The second-order valence-corrected chi connectivity index (χ2v) is 16.9. The van der Waals surface area contributed by atoms with Crippen LogP contribution in [0.2, 0.25) is 5.02 Å². The number of piperidine rings is 1. The molecular weight excluding hydrogens is 808 g/mol. The van der Waals surface area contributed by atoms with Crippen LogP contribution in [0.1, 0.15) is 70.4 Å². The van der Waals surface area contributed by atoms with Gasteiger partial charge in [0.1, 0.15) is 29.3 Å². The molecule has 6 rings (SSSR count). The van der Waals surface area contributed by atoms with Crippen molar-refractivity contribution in [2.75, 3.05) is 29.0 Å². The van der Waals surface area contributed by atoms with E-state index >= 15 is 0 Å². The summed E-state index contributed by atoms with van der Waals surface area (Å²) in [5.41, 5.74) is 1.47. The minimum atomic E-state index is -1.28. The van der Waals surface area contributed by atoms with Crippen LogP contribution in [0.4, 0.5) is 21.9 Å². The summed E-state index contributed by atoms with van der Waals surface area (Å²) in [6, 6.07) is 16.2. The van der Waals surface area contributed by atoms with E-state index in [1.54, 1.807) is 86.3 Å². The number of urea groups is 1. The van der Waals surface area contributed by atoms with Gasteiger partial charge in [-0.3, -0.25) is 19.2 Å². The third-order valence-corrected chi connectivity index (χ3v) is 9.54. The lowest BCUT2D eigenvalue weighted by atomic mass is 9.97. The molecule has 5 aromatic rings. The Labute approximate surface area is 356 Å². The van der Waals surface area contributed by atoms with Gasteiger partial charge < -0.3 is 40.6 Å². The highest BCUT2D eigenvalue weighted by Gasteiger charge is 2.31. The molecule has 320 valence electrons. The van der Waals surface area contributed by atoms with Gasteiger partial charge in [-0.15, -0.1) is 5.10 Å². The van der Waals surface area contributed by atoms with Crippen molar-refractivity contribution in [2.24, 2.45) is 5.92 Å². The predicted octanol–water partition coefficient (Wildman–Crippen LogP) is 5.64. The van der Waals surface area contributed by atoms with Gasteiger partial charge in [-0.2, -0.15) is 4.68 Å². The first kappa shape index (κ1) is 43.8. The number of carbonyl (C=O) groups excluding carboxylic acids is 6. The molecule has 1 saturated heterocycles. The Morgan fingerprint density at radius 2 is 1.51 bits per heavy atom. The Morgan fingerprint density at radius 3 is 2.16 bits per heavy atom. The topological polar surface area (TPSA) is 232 Å². The van der Waals surface area contributed by atoms with Crippen LogP contribution in [0.15, 0.2) is 73.1 Å². The fraction of sp³-hybridized carbons (Fsp3) is 0.357. The van der Waals surface area contributed by atoms with Gasteiger partial charge in [0.15, 0.2) is 0 Å². The first-order chi connectivity index (χ1) is 28.8. The standard InChI is InChI=1S/C42H47ClN10O8/c1-41(2,3)60-38(57)25-15-17-52(18-16-25)40(59)46-28-10-7-24(8-11-28)19-32(49-37(56)36(55)48-31-22-27(43)9-14-34(31)53-23-44-50-51-53)35(54)45-29-12-13-30-26(20-29)21-33(47-30)39(58)61-42(4,5)6/h7-14,20-23,25,32,47H,15-19H2,1-6H3,(H,45,54)(H,46,59)(H,48,55)(H,49,56)/t32-/m0/s1. The number of aromatic amines is 1. The quantitative estimate of drug-likeness (QED) is 0.0852. The number of carbonyl (C=O) groups is 6. The number of nitrogens with one attached hydrogen (secondary N) is 5. The normalized spacial score (nSPS) is 13.9. The summed E-state index contributed by atoms with van der Waals surface area (Å²) in [6.07, 6.45) is 2.22. The molecule has 1 fully saturated rings. The van der Waals surface area contributed by atoms with Crippen LogP contribution in [0.3, 0.4) is 0 Å². The number of benzene rings is 3. The van der Waals surface area contributed by atoms with Crippen LogP contribution in [0.25, 0.3) is 16.6 Å². The molecule has 0 radical (unpaired) electrons. The number of likely N-dealkylation sites (tertiary alicyclic amines) is 1. The zero-order chi connectivity index (χ0) is 44.1. The maximum absolute atomic E-state index is 13.9. The smallest absolute Gasteiger partial charge is 0.355 e. The number of tetrazole rings is 1. The zero-order valence-electron chi connectivity index (χ0n) is 34.5. The molecule has 0 bridgehead atoms. The summed E-state index contributed by atoms with van der Waals surface area (Å²) in [5.74, 6) is -3.94. The highest BCUT2D eigenvalue weighted by molar-refractivity contribution is 6.40. The Kier molecular flexibility index (Phi) is 13.1. The molecule has 3 aromatic carbocycles. The number of halogens is 1. The second-order valence-electron chi connectivity index (χ2n) is 16.5. The van der Waals surface area contributed by atoms with E-state index in [4.69, 9.17) is 21.1 Å². The van der Waals surface area contributed by atoms with Crippen molar-refractivity contribution in [1.29, 1.82) is 0 Å². The molecule has 18 nitrogen and oxygen atoms in total. The average molecular weight is 855 g/mol. The molecule has 0 unspecified atom stereocenters. The van der Waals surface area contributed by atoms with E-state index in [2.05, 4.69) is 41.8 Å². The first-order valence-electron chi connectivity index (χ1n) is 19.5. The van der Waals surface area contributed by atoms with Crippen LogP contribution >= 0.6 is 11.6 Å². The fourth-order valence-corrected chi connectivity index (χ4v) is 6.61. The van der Waals surface area contributed by atoms with Crippen molar-refractivity contribution in [2.45, 2.75) is 78.0 Å². The summed E-state index contributed by atoms with van der Waals surface area (Å²) in [6.45, 7) is 11.5. The summed E-state index contributed by atoms with van der Waals surface area (Å²) < 4.78 is 12.3. The zero-order valence-corrected chi connectivity index (χ0v) is 35.3. The van der Waals surface area contributed by atoms with E-state index < -0.39 is 40.9 Å². The van der Waals surface area contributed by atoms with Crippen molar-refractivity contribution in [3.05, 3.63) is 89.3 Å². The number of rotatable bonds is 10. The third kappa shape index (κ3) is 11.9. The lowest BCUT2D eigenvalue weighted by Gasteiger charge is -2.32. The molecule has 19 heteroatoms. The number of esters is 2. The van der Waals surface area contributed by atoms with E-state index in [0.29, 0.717) is 59.5 Å². The molecule has 2 aromatic heterocycles. The predicted molar refractivity (Wildman–Crippen MR) is 226 cm³/mol. The largest absolute Gasteiger partial charge is 0.460 e. The van der Waals surface area contributed by atoms with Crippen molar-refractivity contribution < 1.29 is 38.2 Å². The number of amides is 5. The number of H-pyrrole nitrogens is 1. The molecule has 5 N–H and O–H groups in total. The number of hydrogen-bond donors (Lipinski definition) is 5. The number of fused-ring (bicyclic) bond motifs is 1. The molecule has 5 amide bonds. The van der Waals surface area contributed by atoms with E-state index in [1.807, 2.05) is 20.8 Å². The van der Waals surface area contributed by atoms with Crippen LogP contribution < -0.4 is 21.3 Å². The van der Waals surface area contributed by atoms with Gasteiger partial charge in [0.2, 0.25) is 5.91 Å². The van der Waals surface area contributed by atoms with Gasteiger partial charge in [0.25, 0.3) is 0 Å². The van der Waals surface area contributed by atoms with Gasteiger partial charge in [-0.05, 0) is 125 Å². The lowest BCUT2D eigenvalue weighted by Crippen LogP contribution is -2.49. The summed E-state index contributed by atoms with van der Waals surface area (Å²) >= 11 is 6.19. The van der Waals surface area contributed by atoms with Gasteiger partial charge in [0, 0.05) is 46.8 Å².